The first-order valence-corrected chi connectivity index (χ1v) is 8.99. The molecule has 4 rings (SSSR count). The van der Waals surface area contributed by atoms with Crippen LogP contribution in [0.5, 0.6) is 11.7 Å². The third-order valence-corrected chi connectivity index (χ3v) is 5.12. The van der Waals surface area contributed by atoms with Gasteiger partial charge in [0, 0.05) is 32.0 Å². The summed E-state index contributed by atoms with van der Waals surface area (Å²) in [6, 6.07) is 12.5. The molecule has 2 aromatic rings. The molecule has 6 nitrogen and oxygen atoms in total. The van der Waals surface area contributed by atoms with E-state index in [1.807, 2.05) is 35.2 Å². The summed E-state index contributed by atoms with van der Waals surface area (Å²) in [7, 11) is 0. The van der Waals surface area contributed by atoms with Crippen LogP contribution in [0.1, 0.15) is 30.3 Å². The fourth-order valence-electron chi connectivity index (χ4n) is 3.58. The number of likely N-dealkylation sites (tertiary alicyclic amines) is 1. The van der Waals surface area contributed by atoms with Crippen molar-refractivity contribution >= 4 is 11.8 Å². The minimum absolute atomic E-state index is 0.0255. The topological polar surface area (TPSA) is 71.8 Å². The number of amides is 2. The minimum Gasteiger partial charge on any atom is -0.426 e. The summed E-state index contributed by atoms with van der Waals surface area (Å²) in [5, 5.41) is 3.05. The molecule has 1 aromatic heterocycles. The highest BCUT2D eigenvalue weighted by molar-refractivity contribution is 5.92. The van der Waals surface area contributed by atoms with E-state index in [0.29, 0.717) is 24.1 Å². The lowest BCUT2D eigenvalue weighted by Crippen LogP contribution is -2.41. The Balaban J connectivity index is 1.40. The standard InChI is InChI=1S/C20H22N2O4/c1-13(23)22-11-16(14-7-8-14)17(12-22)21-20(24)18-9-10-19(26-18)25-15-5-3-2-4-6-15/h2-6,9-10,14,16-17H,7-8,11-12H2,1H3,(H,21,24)/t16-,17+/m1/s1. The molecule has 1 N–H and O–H groups in total. The molecule has 1 aromatic carbocycles. The summed E-state index contributed by atoms with van der Waals surface area (Å²) >= 11 is 0. The largest absolute Gasteiger partial charge is 0.426 e. The van der Waals surface area contributed by atoms with Crippen molar-refractivity contribution in [3.05, 3.63) is 48.2 Å². The average molecular weight is 354 g/mol. The number of nitrogens with one attached hydrogen (secondary N) is 1. The van der Waals surface area contributed by atoms with Gasteiger partial charge in [-0.1, -0.05) is 18.2 Å². The van der Waals surface area contributed by atoms with Gasteiger partial charge in [-0.2, -0.15) is 0 Å². The summed E-state index contributed by atoms with van der Waals surface area (Å²) in [4.78, 5) is 26.1. The van der Waals surface area contributed by atoms with Crippen molar-refractivity contribution in [2.45, 2.75) is 25.8 Å². The van der Waals surface area contributed by atoms with E-state index in [2.05, 4.69) is 5.32 Å². The Morgan fingerprint density at radius 1 is 1.12 bits per heavy atom. The van der Waals surface area contributed by atoms with Crippen LogP contribution in [0.15, 0.2) is 46.9 Å². The molecule has 1 saturated heterocycles. The van der Waals surface area contributed by atoms with E-state index in [9.17, 15) is 9.59 Å². The Labute approximate surface area is 152 Å². The summed E-state index contributed by atoms with van der Waals surface area (Å²) in [5.41, 5.74) is 0. The first kappa shape index (κ1) is 16.7. The Morgan fingerprint density at radius 3 is 2.58 bits per heavy atom. The molecule has 1 aliphatic carbocycles. The van der Waals surface area contributed by atoms with Crippen LogP contribution in [-0.4, -0.2) is 35.8 Å². The van der Waals surface area contributed by atoms with E-state index < -0.39 is 0 Å². The average Bonchev–Trinajstić information content (AvgIpc) is 3.21. The van der Waals surface area contributed by atoms with Crippen molar-refractivity contribution in [1.29, 1.82) is 0 Å². The van der Waals surface area contributed by atoms with Gasteiger partial charge in [-0.05, 0) is 37.0 Å². The van der Waals surface area contributed by atoms with Crippen LogP contribution in [0.4, 0.5) is 0 Å². The van der Waals surface area contributed by atoms with Crippen LogP contribution in [0, 0.1) is 11.8 Å². The van der Waals surface area contributed by atoms with Crippen molar-refractivity contribution in [2.24, 2.45) is 11.8 Å². The van der Waals surface area contributed by atoms with E-state index in [1.165, 1.54) is 12.8 Å². The molecule has 26 heavy (non-hydrogen) atoms. The van der Waals surface area contributed by atoms with Crippen molar-refractivity contribution in [3.8, 4) is 11.7 Å². The minimum atomic E-state index is -0.269. The number of rotatable bonds is 5. The van der Waals surface area contributed by atoms with E-state index in [4.69, 9.17) is 9.15 Å². The van der Waals surface area contributed by atoms with Gasteiger partial charge in [-0.25, -0.2) is 0 Å². The molecule has 2 heterocycles. The molecule has 0 radical (unpaired) electrons. The van der Waals surface area contributed by atoms with Gasteiger partial charge >= 0.3 is 0 Å². The molecule has 2 fully saturated rings. The molecule has 2 atom stereocenters. The zero-order chi connectivity index (χ0) is 18.1. The number of carbonyl (C=O) groups is 2. The number of nitrogens with zero attached hydrogens (tertiary/aromatic N) is 1. The molecule has 2 aliphatic rings. The maximum atomic E-state index is 12.6. The smallest absolute Gasteiger partial charge is 0.290 e. The second-order valence-corrected chi connectivity index (χ2v) is 7.04. The van der Waals surface area contributed by atoms with Crippen molar-refractivity contribution in [3.63, 3.8) is 0 Å². The SMILES string of the molecule is CC(=O)N1C[C@H](NC(=O)c2ccc(Oc3ccccc3)o2)[C@@H](C2CC2)C1. The molecule has 1 saturated carbocycles. The second-order valence-electron chi connectivity index (χ2n) is 7.04. The van der Waals surface area contributed by atoms with Crippen molar-refractivity contribution in [2.75, 3.05) is 13.1 Å². The molecular formula is C20H22N2O4. The molecule has 136 valence electrons. The summed E-state index contributed by atoms with van der Waals surface area (Å²) in [6.45, 7) is 2.87. The van der Waals surface area contributed by atoms with E-state index in [0.717, 1.165) is 6.54 Å². The van der Waals surface area contributed by atoms with Gasteiger partial charge in [0.25, 0.3) is 11.9 Å². The van der Waals surface area contributed by atoms with Crippen LogP contribution < -0.4 is 10.1 Å². The van der Waals surface area contributed by atoms with Gasteiger partial charge in [0.05, 0.1) is 6.04 Å². The van der Waals surface area contributed by atoms with Crippen molar-refractivity contribution in [1.82, 2.24) is 10.2 Å². The fourth-order valence-corrected chi connectivity index (χ4v) is 3.58. The molecule has 0 unspecified atom stereocenters. The van der Waals surface area contributed by atoms with E-state index in [1.54, 1.807) is 19.1 Å². The lowest BCUT2D eigenvalue weighted by Gasteiger charge is -2.18. The number of carbonyl (C=O) groups excluding carboxylic acids is 2. The summed E-state index contributed by atoms with van der Waals surface area (Å²) in [5.74, 6) is 1.87. The number of benzene rings is 1. The number of hydrogen-bond acceptors (Lipinski definition) is 4. The summed E-state index contributed by atoms with van der Waals surface area (Å²) in [6.07, 6.45) is 2.36. The zero-order valence-corrected chi connectivity index (χ0v) is 14.7. The van der Waals surface area contributed by atoms with Crippen LogP contribution in [0.2, 0.25) is 0 Å². The van der Waals surface area contributed by atoms with E-state index >= 15 is 0 Å². The van der Waals surface area contributed by atoms with Crippen LogP contribution in [0.25, 0.3) is 0 Å². The Bertz CT molecular complexity index is 797. The molecule has 1 aliphatic heterocycles. The number of para-hydroxylation sites is 1. The van der Waals surface area contributed by atoms with Gasteiger partial charge in [0.15, 0.2) is 5.76 Å². The third-order valence-electron chi connectivity index (χ3n) is 5.12. The molecule has 0 bridgehead atoms. The first-order valence-electron chi connectivity index (χ1n) is 8.99. The predicted molar refractivity (Wildman–Crippen MR) is 94.9 cm³/mol. The molecule has 0 spiro atoms. The highest BCUT2D eigenvalue weighted by Gasteiger charge is 2.44. The number of furan rings is 1. The number of hydrogen-bond donors (Lipinski definition) is 1. The van der Waals surface area contributed by atoms with Gasteiger partial charge in [-0.15, -0.1) is 0 Å². The van der Waals surface area contributed by atoms with E-state index in [-0.39, 0.29) is 29.6 Å². The monoisotopic (exact) mass is 354 g/mol. The summed E-state index contributed by atoms with van der Waals surface area (Å²) < 4.78 is 11.1. The molecular weight excluding hydrogens is 332 g/mol. The highest BCUT2D eigenvalue weighted by Crippen LogP contribution is 2.41. The van der Waals surface area contributed by atoms with Gasteiger partial charge in [-0.3, -0.25) is 9.59 Å². The normalized spacial score (nSPS) is 22.3. The van der Waals surface area contributed by atoms with Crippen LogP contribution >= 0.6 is 0 Å². The van der Waals surface area contributed by atoms with Crippen LogP contribution in [-0.2, 0) is 4.79 Å². The van der Waals surface area contributed by atoms with Gasteiger partial charge in [0.1, 0.15) is 5.75 Å². The quantitative estimate of drug-likeness (QED) is 0.896. The van der Waals surface area contributed by atoms with Crippen molar-refractivity contribution < 1.29 is 18.7 Å². The maximum Gasteiger partial charge on any atom is 0.290 e. The maximum absolute atomic E-state index is 12.6. The first-order chi connectivity index (χ1) is 12.6. The van der Waals surface area contributed by atoms with Gasteiger partial charge < -0.3 is 19.4 Å². The Morgan fingerprint density at radius 2 is 1.88 bits per heavy atom. The zero-order valence-electron chi connectivity index (χ0n) is 14.7. The highest BCUT2D eigenvalue weighted by atomic mass is 16.6. The predicted octanol–water partition coefficient (Wildman–Crippen LogP) is 3.06. The number of ether oxygens (including phenoxy) is 1. The lowest BCUT2D eigenvalue weighted by molar-refractivity contribution is -0.128. The second kappa shape index (κ2) is 6.86. The van der Waals surface area contributed by atoms with Crippen LogP contribution in [0.3, 0.4) is 0 Å². The molecule has 2 amide bonds. The Kier molecular flexibility index (Phi) is 4.41. The molecule has 6 heteroatoms. The third kappa shape index (κ3) is 3.59. The van der Waals surface area contributed by atoms with Gasteiger partial charge in [0.2, 0.25) is 5.91 Å². The lowest BCUT2D eigenvalue weighted by atomic mass is 9.98. The fraction of sp³-hybridized carbons (Fsp3) is 0.400. The Hall–Kier alpha value is -2.76.